The van der Waals surface area contributed by atoms with Crippen LogP contribution >= 0.6 is 11.6 Å². The van der Waals surface area contributed by atoms with Gasteiger partial charge in [-0.15, -0.1) is 0 Å². The Morgan fingerprint density at radius 2 is 1.61 bits per heavy atom. The maximum absolute atomic E-state index is 12.7. The normalized spacial score (nSPS) is 10.7. The molecule has 3 aromatic rings. The van der Waals surface area contributed by atoms with E-state index in [9.17, 15) is 18.0 Å². The maximum atomic E-state index is 12.7. The van der Waals surface area contributed by atoms with Gasteiger partial charge in [-0.2, -0.15) is 0 Å². The lowest BCUT2D eigenvalue weighted by atomic mass is 10.2. The first-order valence-electron chi connectivity index (χ1n) is 9.52. The molecule has 2 amide bonds. The molecular formula is C22H20ClN3O6S. The van der Waals surface area contributed by atoms with E-state index in [1.807, 2.05) is 0 Å². The van der Waals surface area contributed by atoms with Crippen LogP contribution in [-0.4, -0.2) is 33.9 Å². The summed E-state index contributed by atoms with van der Waals surface area (Å²) in [6.07, 6.45) is 0. The van der Waals surface area contributed by atoms with Gasteiger partial charge in [-0.05, 0) is 54.6 Å². The van der Waals surface area contributed by atoms with Gasteiger partial charge in [0.1, 0.15) is 11.5 Å². The van der Waals surface area contributed by atoms with Gasteiger partial charge in [0.05, 0.1) is 22.7 Å². The average molecular weight is 490 g/mol. The second-order valence-corrected chi connectivity index (χ2v) is 8.67. The molecule has 0 atom stereocenters. The lowest BCUT2D eigenvalue weighted by Gasteiger charge is -2.11. The molecule has 11 heteroatoms. The molecule has 172 valence electrons. The summed E-state index contributed by atoms with van der Waals surface area (Å²) in [5.74, 6) is -0.225. The number of nitrogens with one attached hydrogen (secondary N) is 3. The fraction of sp³-hybridized carbons (Fsp3) is 0.0909. The van der Waals surface area contributed by atoms with Crippen molar-refractivity contribution >= 4 is 39.1 Å². The van der Waals surface area contributed by atoms with Crippen molar-refractivity contribution in [2.45, 2.75) is 4.90 Å². The Kier molecular flexibility index (Phi) is 7.75. The number of sulfonamides is 1. The summed E-state index contributed by atoms with van der Waals surface area (Å²) in [4.78, 5) is 24.2. The average Bonchev–Trinajstić information content (AvgIpc) is 2.83. The Balaban J connectivity index is 1.57. The van der Waals surface area contributed by atoms with Crippen LogP contribution in [0, 0.1) is 0 Å². The van der Waals surface area contributed by atoms with Crippen molar-refractivity contribution in [3.05, 3.63) is 83.4 Å². The molecule has 3 N–H and O–H groups in total. The van der Waals surface area contributed by atoms with Crippen LogP contribution in [0.3, 0.4) is 0 Å². The summed E-state index contributed by atoms with van der Waals surface area (Å²) in [5.41, 5.74) is 4.65. The van der Waals surface area contributed by atoms with Gasteiger partial charge < -0.3 is 9.47 Å². The van der Waals surface area contributed by atoms with Crippen molar-refractivity contribution < 1.29 is 27.5 Å². The Labute approximate surface area is 195 Å². The minimum absolute atomic E-state index is 0.0217. The van der Waals surface area contributed by atoms with Gasteiger partial charge in [-0.25, -0.2) is 8.42 Å². The molecule has 0 fully saturated rings. The fourth-order valence-electron chi connectivity index (χ4n) is 2.61. The largest absolute Gasteiger partial charge is 0.497 e. The molecule has 0 aromatic heterocycles. The third-order valence-corrected chi connectivity index (χ3v) is 5.96. The highest BCUT2D eigenvalue weighted by Crippen LogP contribution is 2.24. The summed E-state index contributed by atoms with van der Waals surface area (Å²) in [5, 5.41) is 0.231. The molecule has 0 aliphatic heterocycles. The van der Waals surface area contributed by atoms with Gasteiger partial charge in [-0.3, -0.25) is 25.2 Å². The standard InChI is InChI=1S/C22H20ClN3O6S/c1-31-16-9-11-17(12-10-16)32-14-21(27)24-25-22(28)15-5-4-6-18(13-15)33(29,30)26-20-8-3-2-7-19(20)23/h2-13,26H,14H2,1H3,(H,24,27)(H,25,28). The molecule has 0 aliphatic carbocycles. The highest BCUT2D eigenvalue weighted by atomic mass is 35.5. The summed E-state index contributed by atoms with van der Waals surface area (Å²) >= 11 is 6.00. The topological polar surface area (TPSA) is 123 Å². The van der Waals surface area contributed by atoms with E-state index >= 15 is 0 Å². The first kappa shape index (κ1) is 23.9. The number of halogens is 1. The van der Waals surface area contributed by atoms with Gasteiger partial charge in [0.15, 0.2) is 6.61 Å². The molecule has 0 saturated heterocycles. The van der Waals surface area contributed by atoms with Gasteiger partial charge >= 0.3 is 0 Å². The summed E-state index contributed by atoms with van der Waals surface area (Å²) in [6.45, 7) is -0.344. The smallest absolute Gasteiger partial charge is 0.276 e. The minimum atomic E-state index is -4.00. The first-order chi connectivity index (χ1) is 15.8. The van der Waals surface area contributed by atoms with Crippen LogP contribution in [-0.2, 0) is 14.8 Å². The number of methoxy groups -OCH3 is 1. The predicted molar refractivity (Wildman–Crippen MR) is 123 cm³/mol. The van der Waals surface area contributed by atoms with E-state index in [4.69, 9.17) is 21.1 Å². The molecule has 0 bridgehead atoms. The van der Waals surface area contributed by atoms with E-state index in [0.717, 1.165) is 0 Å². The number of amides is 2. The Morgan fingerprint density at radius 3 is 2.30 bits per heavy atom. The molecule has 0 radical (unpaired) electrons. The van der Waals surface area contributed by atoms with Crippen LogP contribution in [0.15, 0.2) is 77.7 Å². The SMILES string of the molecule is COc1ccc(OCC(=O)NNC(=O)c2cccc(S(=O)(=O)Nc3ccccc3Cl)c2)cc1. The second-order valence-electron chi connectivity index (χ2n) is 6.58. The van der Waals surface area contributed by atoms with Gasteiger partial charge in [0.2, 0.25) is 0 Å². The van der Waals surface area contributed by atoms with Crippen LogP contribution in [0.25, 0.3) is 0 Å². The van der Waals surface area contributed by atoms with E-state index in [-0.39, 0.29) is 27.8 Å². The Bertz CT molecular complexity index is 1250. The van der Waals surface area contributed by atoms with Crippen molar-refractivity contribution in [2.75, 3.05) is 18.4 Å². The molecule has 3 rings (SSSR count). The maximum Gasteiger partial charge on any atom is 0.276 e. The van der Waals surface area contributed by atoms with Crippen molar-refractivity contribution in [1.29, 1.82) is 0 Å². The Morgan fingerprint density at radius 1 is 0.909 bits per heavy atom. The molecule has 0 saturated carbocycles. The van der Waals surface area contributed by atoms with Gasteiger partial charge in [0.25, 0.3) is 21.8 Å². The first-order valence-corrected chi connectivity index (χ1v) is 11.4. The van der Waals surface area contributed by atoms with Crippen molar-refractivity contribution in [1.82, 2.24) is 10.9 Å². The van der Waals surface area contributed by atoms with Gasteiger partial charge in [0, 0.05) is 5.56 Å². The van der Waals surface area contributed by atoms with Crippen LogP contribution < -0.4 is 25.0 Å². The summed E-state index contributed by atoms with van der Waals surface area (Å²) in [6, 6.07) is 18.3. The zero-order valence-electron chi connectivity index (χ0n) is 17.4. The molecule has 0 spiro atoms. The van der Waals surface area contributed by atoms with Crippen LogP contribution in [0.5, 0.6) is 11.5 Å². The monoisotopic (exact) mass is 489 g/mol. The highest BCUT2D eigenvalue weighted by Gasteiger charge is 2.18. The number of carbonyl (C=O) groups is 2. The molecule has 0 aliphatic rings. The van der Waals surface area contributed by atoms with Crippen LogP contribution in [0.4, 0.5) is 5.69 Å². The number of rotatable bonds is 8. The molecular weight excluding hydrogens is 470 g/mol. The highest BCUT2D eigenvalue weighted by molar-refractivity contribution is 7.92. The third-order valence-electron chi connectivity index (χ3n) is 4.27. The van der Waals surface area contributed by atoms with E-state index in [0.29, 0.717) is 11.5 Å². The summed E-state index contributed by atoms with van der Waals surface area (Å²) in [7, 11) is -2.46. The van der Waals surface area contributed by atoms with Gasteiger partial charge in [-0.1, -0.05) is 29.8 Å². The number of ether oxygens (including phenoxy) is 2. The molecule has 0 unspecified atom stereocenters. The number of anilines is 1. The van der Waals surface area contributed by atoms with Crippen molar-refractivity contribution in [3.8, 4) is 11.5 Å². The fourth-order valence-corrected chi connectivity index (χ4v) is 3.97. The van der Waals surface area contributed by atoms with E-state index < -0.39 is 21.8 Å². The van der Waals surface area contributed by atoms with E-state index in [2.05, 4.69) is 15.6 Å². The number of hydrogen-bond donors (Lipinski definition) is 3. The lowest BCUT2D eigenvalue weighted by Crippen LogP contribution is -2.43. The van der Waals surface area contributed by atoms with Crippen LogP contribution in [0.1, 0.15) is 10.4 Å². The number of hydrazine groups is 1. The third kappa shape index (κ3) is 6.61. The quantitative estimate of drug-likeness (QED) is 0.418. The van der Waals surface area contributed by atoms with Crippen molar-refractivity contribution in [2.24, 2.45) is 0 Å². The number of para-hydroxylation sites is 1. The number of benzene rings is 3. The molecule has 9 nitrogen and oxygen atoms in total. The zero-order valence-corrected chi connectivity index (χ0v) is 18.9. The Hall–Kier alpha value is -3.76. The number of hydrogen-bond acceptors (Lipinski definition) is 6. The van der Waals surface area contributed by atoms with E-state index in [1.54, 1.807) is 42.5 Å². The number of carbonyl (C=O) groups excluding carboxylic acids is 2. The van der Waals surface area contributed by atoms with E-state index in [1.165, 1.54) is 37.4 Å². The summed E-state index contributed by atoms with van der Waals surface area (Å²) < 4.78 is 38.0. The minimum Gasteiger partial charge on any atom is -0.497 e. The molecule has 3 aromatic carbocycles. The van der Waals surface area contributed by atoms with Crippen molar-refractivity contribution in [3.63, 3.8) is 0 Å². The lowest BCUT2D eigenvalue weighted by molar-refractivity contribution is -0.123. The molecule has 33 heavy (non-hydrogen) atoms. The zero-order chi connectivity index (χ0) is 23.8. The predicted octanol–water partition coefficient (Wildman–Crippen LogP) is 2.99. The molecule has 0 heterocycles. The second kappa shape index (κ2) is 10.7. The van der Waals surface area contributed by atoms with Crippen LogP contribution in [0.2, 0.25) is 5.02 Å².